The molecule has 142 valence electrons. The van der Waals surface area contributed by atoms with Gasteiger partial charge in [-0.25, -0.2) is 4.79 Å². The summed E-state index contributed by atoms with van der Waals surface area (Å²) in [5, 5.41) is 3.45. The number of carbonyl (C=O) groups excluding carboxylic acids is 2. The van der Waals surface area contributed by atoms with Crippen LogP contribution in [0.3, 0.4) is 0 Å². The van der Waals surface area contributed by atoms with E-state index in [1.807, 2.05) is 31.2 Å². The Balaban J connectivity index is 1.45. The fourth-order valence-corrected chi connectivity index (χ4v) is 2.97. The summed E-state index contributed by atoms with van der Waals surface area (Å²) in [6.07, 6.45) is 0. The van der Waals surface area contributed by atoms with Crippen molar-refractivity contribution >= 4 is 29.2 Å². The number of amides is 3. The molecule has 0 unspecified atom stereocenters. The van der Waals surface area contributed by atoms with Crippen molar-refractivity contribution in [3.8, 4) is 5.75 Å². The first-order valence-corrected chi connectivity index (χ1v) is 9.18. The van der Waals surface area contributed by atoms with Gasteiger partial charge < -0.3 is 19.9 Å². The standard InChI is InChI=1S/C20H22ClN3O3/c1-15-4-2-3-5-18(15)27-14-19(25)23-10-12-24(13-11-23)20(26)22-17-8-6-16(21)7-9-17/h2-9H,10-14H2,1H3,(H,22,26). The third-order valence-electron chi connectivity index (χ3n) is 4.46. The number of benzene rings is 2. The molecule has 3 rings (SSSR count). The number of hydrogen-bond donors (Lipinski definition) is 1. The van der Waals surface area contributed by atoms with Gasteiger partial charge in [0.1, 0.15) is 5.75 Å². The van der Waals surface area contributed by atoms with Crippen LogP contribution in [-0.2, 0) is 4.79 Å². The molecule has 1 N–H and O–H groups in total. The van der Waals surface area contributed by atoms with Gasteiger partial charge in [0, 0.05) is 36.9 Å². The van der Waals surface area contributed by atoms with Gasteiger partial charge in [-0.15, -0.1) is 0 Å². The second-order valence-corrected chi connectivity index (χ2v) is 6.80. The van der Waals surface area contributed by atoms with E-state index in [2.05, 4.69) is 5.32 Å². The number of nitrogens with one attached hydrogen (secondary N) is 1. The molecule has 1 saturated heterocycles. The molecule has 0 bridgehead atoms. The first kappa shape index (κ1) is 19.0. The monoisotopic (exact) mass is 387 g/mol. The van der Waals surface area contributed by atoms with E-state index in [9.17, 15) is 9.59 Å². The fourth-order valence-electron chi connectivity index (χ4n) is 2.84. The minimum absolute atomic E-state index is 0.00181. The highest BCUT2D eigenvalue weighted by Crippen LogP contribution is 2.17. The van der Waals surface area contributed by atoms with Gasteiger partial charge in [0.15, 0.2) is 6.61 Å². The molecule has 1 aliphatic heterocycles. The van der Waals surface area contributed by atoms with Crippen molar-refractivity contribution in [2.24, 2.45) is 0 Å². The Kier molecular flexibility index (Phi) is 6.19. The van der Waals surface area contributed by atoms with Gasteiger partial charge in [0.25, 0.3) is 5.91 Å². The molecule has 7 heteroatoms. The summed E-state index contributed by atoms with van der Waals surface area (Å²) in [4.78, 5) is 28.1. The summed E-state index contributed by atoms with van der Waals surface area (Å²) in [5.41, 5.74) is 1.68. The van der Waals surface area contributed by atoms with Gasteiger partial charge in [-0.1, -0.05) is 29.8 Å². The smallest absolute Gasteiger partial charge is 0.321 e. The van der Waals surface area contributed by atoms with Gasteiger partial charge in [0.2, 0.25) is 0 Å². The van der Waals surface area contributed by atoms with Crippen LogP contribution in [0.5, 0.6) is 5.75 Å². The van der Waals surface area contributed by atoms with E-state index < -0.39 is 0 Å². The van der Waals surface area contributed by atoms with Crippen LogP contribution in [0, 0.1) is 6.92 Å². The summed E-state index contributed by atoms with van der Waals surface area (Å²) in [6.45, 7) is 3.89. The molecule has 0 aliphatic carbocycles. The SMILES string of the molecule is Cc1ccccc1OCC(=O)N1CCN(C(=O)Nc2ccc(Cl)cc2)CC1. The summed E-state index contributed by atoms with van der Waals surface area (Å²) >= 11 is 5.85. The lowest BCUT2D eigenvalue weighted by Gasteiger charge is -2.34. The van der Waals surface area contributed by atoms with Gasteiger partial charge in [-0.05, 0) is 42.8 Å². The topological polar surface area (TPSA) is 61.9 Å². The average molecular weight is 388 g/mol. The van der Waals surface area contributed by atoms with E-state index >= 15 is 0 Å². The Bertz CT molecular complexity index is 802. The molecular formula is C20H22ClN3O3. The number of hydrogen-bond acceptors (Lipinski definition) is 3. The molecule has 0 saturated carbocycles. The van der Waals surface area contributed by atoms with Crippen LogP contribution in [0.25, 0.3) is 0 Å². The molecule has 1 fully saturated rings. The molecule has 3 amide bonds. The number of ether oxygens (including phenoxy) is 1. The maximum Gasteiger partial charge on any atom is 0.321 e. The largest absolute Gasteiger partial charge is 0.484 e. The number of para-hydroxylation sites is 1. The van der Waals surface area contributed by atoms with Crippen molar-refractivity contribution in [3.05, 3.63) is 59.1 Å². The molecule has 1 aliphatic rings. The number of aryl methyl sites for hydroxylation is 1. The highest BCUT2D eigenvalue weighted by molar-refractivity contribution is 6.30. The van der Waals surface area contributed by atoms with Gasteiger partial charge in [0.05, 0.1) is 0 Å². The number of rotatable bonds is 4. The number of piperazine rings is 1. The van der Waals surface area contributed by atoms with Crippen LogP contribution in [0.4, 0.5) is 10.5 Å². The van der Waals surface area contributed by atoms with E-state index in [0.29, 0.717) is 42.6 Å². The zero-order valence-corrected chi connectivity index (χ0v) is 15.9. The van der Waals surface area contributed by atoms with Gasteiger partial charge in [-0.3, -0.25) is 4.79 Å². The van der Waals surface area contributed by atoms with Crippen LogP contribution in [0.1, 0.15) is 5.56 Å². The predicted molar refractivity (Wildman–Crippen MR) is 105 cm³/mol. The highest BCUT2D eigenvalue weighted by atomic mass is 35.5. The summed E-state index contributed by atoms with van der Waals surface area (Å²) in [5.74, 6) is 0.642. The third-order valence-corrected chi connectivity index (χ3v) is 4.71. The van der Waals surface area contributed by atoms with Crippen LogP contribution in [-0.4, -0.2) is 54.5 Å². The zero-order valence-electron chi connectivity index (χ0n) is 15.2. The van der Waals surface area contributed by atoms with Crippen molar-refractivity contribution in [1.29, 1.82) is 0 Å². The number of nitrogens with zero attached hydrogens (tertiary/aromatic N) is 2. The third kappa shape index (κ3) is 5.14. The first-order chi connectivity index (χ1) is 13.0. The zero-order chi connectivity index (χ0) is 19.2. The molecular weight excluding hydrogens is 366 g/mol. The Morgan fingerprint density at radius 3 is 2.30 bits per heavy atom. The van der Waals surface area contributed by atoms with E-state index in [-0.39, 0.29) is 18.5 Å². The van der Waals surface area contributed by atoms with Gasteiger partial charge >= 0.3 is 6.03 Å². The van der Waals surface area contributed by atoms with Crippen LogP contribution >= 0.6 is 11.6 Å². The second-order valence-electron chi connectivity index (χ2n) is 6.36. The lowest BCUT2D eigenvalue weighted by atomic mass is 10.2. The number of urea groups is 1. The van der Waals surface area contributed by atoms with E-state index in [1.165, 1.54) is 0 Å². The molecule has 0 spiro atoms. The van der Waals surface area contributed by atoms with Crippen LogP contribution < -0.4 is 10.1 Å². The van der Waals surface area contributed by atoms with E-state index in [0.717, 1.165) is 5.56 Å². The molecule has 0 aromatic heterocycles. The Morgan fingerprint density at radius 2 is 1.63 bits per heavy atom. The molecule has 1 heterocycles. The maximum atomic E-state index is 12.4. The summed E-state index contributed by atoms with van der Waals surface area (Å²) < 4.78 is 5.62. The molecule has 2 aromatic carbocycles. The quantitative estimate of drug-likeness (QED) is 0.874. The molecule has 6 nitrogen and oxygen atoms in total. The minimum Gasteiger partial charge on any atom is -0.484 e. The predicted octanol–water partition coefficient (Wildman–Crippen LogP) is 3.40. The van der Waals surface area contributed by atoms with Crippen LogP contribution in [0.15, 0.2) is 48.5 Å². The Labute approximate surface area is 163 Å². The number of carbonyl (C=O) groups is 2. The molecule has 0 atom stereocenters. The minimum atomic E-state index is -0.180. The Morgan fingerprint density at radius 1 is 1.00 bits per heavy atom. The van der Waals surface area contributed by atoms with Crippen LogP contribution in [0.2, 0.25) is 5.02 Å². The first-order valence-electron chi connectivity index (χ1n) is 8.80. The molecule has 0 radical (unpaired) electrons. The Hall–Kier alpha value is -2.73. The van der Waals surface area contributed by atoms with Crippen molar-refractivity contribution < 1.29 is 14.3 Å². The maximum absolute atomic E-state index is 12.4. The lowest BCUT2D eigenvalue weighted by Crippen LogP contribution is -2.52. The molecule has 2 aromatic rings. The summed E-state index contributed by atoms with van der Waals surface area (Å²) in [7, 11) is 0. The van der Waals surface area contributed by atoms with Crippen molar-refractivity contribution in [2.45, 2.75) is 6.92 Å². The molecule has 27 heavy (non-hydrogen) atoms. The normalized spacial score (nSPS) is 14.0. The summed E-state index contributed by atoms with van der Waals surface area (Å²) in [6, 6.07) is 14.4. The van der Waals surface area contributed by atoms with Crippen molar-refractivity contribution in [3.63, 3.8) is 0 Å². The average Bonchev–Trinajstić information content (AvgIpc) is 2.69. The lowest BCUT2D eigenvalue weighted by molar-refractivity contribution is -0.134. The van der Waals surface area contributed by atoms with E-state index in [1.54, 1.807) is 34.1 Å². The fraction of sp³-hybridized carbons (Fsp3) is 0.300. The van der Waals surface area contributed by atoms with Crippen molar-refractivity contribution in [1.82, 2.24) is 9.80 Å². The van der Waals surface area contributed by atoms with Gasteiger partial charge in [-0.2, -0.15) is 0 Å². The second kappa shape index (κ2) is 8.77. The van der Waals surface area contributed by atoms with E-state index in [4.69, 9.17) is 16.3 Å². The number of halogens is 1. The number of anilines is 1. The van der Waals surface area contributed by atoms with Crippen molar-refractivity contribution in [2.75, 3.05) is 38.1 Å². The highest BCUT2D eigenvalue weighted by Gasteiger charge is 2.24.